The zero-order valence-electron chi connectivity index (χ0n) is 17.3. The molecule has 1 N–H and O–H groups in total. The Morgan fingerprint density at radius 1 is 1.09 bits per heavy atom. The molecule has 4 rings (SSSR count). The van der Waals surface area contributed by atoms with E-state index in [1.807, 2.05) is 0 Å². The number of nitro groups is 1. The number of benzene rings is 3. The lowest BCUT2D eigenvalue weighted by atomic mass is 9.99. The van der Waals surface area contributed by atoms with Gasteiger partial charge in [0.15, 0.2) is 0 Å². The van der Waals surface area contributed by atoms with Gasteiger partial charge in [0.2, 0.25) is 0 Å². The van der Waals surface area contributed by atoms with Gasteiger partial charge in [0.1, 0.15) is 17.2 Å². The van der Waals surface area contributed by atoms with Crippen LogP contribution in [0.15, 0.2) is 60.7 Å². The number of fused-ring (bicyclic) bond motifs is 1. The molecule has 0 spiro atoms. The molecular weight excluding hydrogens is 432 g/mol. The van der Waals surface area contributed by atoms with Gasteiger partial charge in [-0.15, -0.1) is 0 Å². The monoisotopic (exact) mass is 450 g/mol. The van der Waals surface area contributed by atoms with Gasteiger partial charge in [-0.3, -0.25) is 10.1 Å². The number of nitro benzene ring substituents is 1. The fraction of sp³-hybridized carbons (Fsp3) is 0.125. The van der Waals surface area contributed by atoms with Crippen LogP contribution in [-0.2, 0) is 4.74 Å². The number of aromatic nitrogens is 1. The first-order valence-electron chi connectivity index (χ1n) is 9.89. The number of aromatic amines is 1. The molecule has 0 aliphatic rings. The first kappa shape index (κ1) is 21.4. The number of aryl methyl sites for hydroxylation is 1. The maximum absolute atomic E-state index is 12.7. The van der Waals surface area contributed by atoms with Crippen LogP contribution < -0.4 is 4.74 Å². The first-order valence-corrected chi connectivity index (χ1v) is 10.3. The Morgan fingerprint density at radius 2 is 1.88 bits per heavy atom. The van der Waals surface area contributed by atoms with Crippen molar-refractivity contribution in [1.29, 1.82) is 0 Å². The first-order chi connectivity index (χ1) is 15.4. The molecule has 1 aromatic heterocycles. The van der Waals surface area contributed by atoms with Crippen molar-refractivity contribution in [2.45, 2.75) is 13.8 Å². The topological polar surface area (TPSA) is 94.5 Å². The molecule has 1 heterocycles. The number of nitrogens with zero attached hydrogens (tertiary/aromatic N) is 1. The third-order valence-electron chi connectivity index (χ3n) is 4.98. The summed E-state index contributed by atoms with van der Waals surface area (Å²) in [4.78, 5) is 26.8. The molecular formula is C24H19ClN2O5. The largest absolute Gasteiger partial charge is 0.461 e. The van der Waals surface area contributed by atoms with Crippen molar-refractivity contribution < 1.29 is 19.2 Å². The number of rotatable bonds is 6. The number of H-pyrrole nitrogens is 1. The average molecular weight is 451 g/mol. The third kappa shape index (κ3) is 4.15. The maximum Gasteiger partial charge on any atom is 0.355 e. The van der Waals surface area contributed by atoms with Gasteiger partial charge in [0.25, 0.3) is 5.69 Å². The van der Waals surface area contributed by atoms with Gasteiger partial charge < -0.3 is 14.5 Å². The lowest BCUT2D eigenvalue weighted by Crippen LogP contribution is -2.06. The summed E-state index contributed by atoms with van der Waals surface area (Å²) in [6.45, 7) is 3.58. The summed E-state index contributed by atoms with van der Waals surface area (Å²) in [7, 11) is 0. The zero-order valence-corrected chi connectivity index (χ0v) is 18.1. The summed E-state index contributed by atoms with van der Waals surface area (Å²) in [6, 6.07) is 17.2. The molecule has 0 amide bonds. The van der Waals surface area contributed by atoms with Gasteiger partial charge in [-0.25, -0.2) is 4.79 Å². The van der Waals surface area contributed by atoms with E-state index in [-0.39, 0.29) is 18.0 Å². The van der Waals surface area contributed by atoms with E-state index in [1.165, 1.54) is 6.07 Å². The Morgan fingerprint density at radius 3 is 2.59 bits per heavy atom. The predicted molar refractivity (Wildman–Crippen MR) is 123 cm³/mol. The quantitative estimate of drug-likeness (QED) is 0.201. The molecule has 4 aromatic rings. The van der Waals surface area contributed by atoms with Crippen molar-refractivity contribution in [2.75, 3.05) is 6.61 Å². The van der Waals surface area contributed by atoms with Crippen molar-refractivity contribution in [3.8, 4) is 22.6 Å². The number of nitrogens with one attached hydrogen (secondary N) is 1. The minimum absolute atomic E-state index is 0.0296. The lowest BCUT2D eigenvalue weighted by molar-refractivity contribution is -0.385. The summed E-state index contributed by atoms with van der Waals surface area (Å²) in [5, 5.41) is 12.7. The van der Waals surface area contributed by atoms with Crippen LogP contribution in [0.2, 0.25) is 5.02 Å². The average Bonchev–Trinajstić information content (AvgIpc) is 3.13. The summed E-state index contributed by atoms with van der Waals surface area (Å²) >= 11 is 6.04. The summed E-state index contributed by atoms with van der Waals surface area (Å²) in [5.74, 6) is 0.543. The van der Waals surface area contributed by atoms with Crippen LogP contribution in [0.3, 0.4) is 0 Å². The van der Waals surface area contributed by atoms with Crippen molar-refractivity contribution in [2.24, 2.45) is 0 Å². The van der Waals surface area contributed by atoms with E-state index in [0.29, 0.717) is 44.1 Å². The number of ether oxygens (including phenoxy) is 2. The minimum atomic E-state index is -0.542. The molecule has 0 aliphatic heterocycles. The van der Waals surface area contributed by atoms with Gasteiger partial charge in [-0.05, 0) is 55.8 Å². The van der Waals surface area contributed by atoms with Crippen molar-refractivity contribution in [1.82, 2.24) is 4.98 Å². The summed E-state index contributed by atoms with van der Waals surface area (Å²) in [5.41, 5.74) is 2.43. The fourth-order valence-corrected chi connectivity index (χ4v) is 3.70. The Labute approximate surface area is 188 Å². The normalized spacial score (nSPS) is 10.8. The Hall–Kier alpha value is -3.84. The van der Waals surface area contributed by atoms with Crippen LogP contribution in [-0.4, -0.2) is 22.5 Å². The molecule has 0 saturated carbocycles. The second-order valence-corrected chi connectivity index (χ2v) is 7.56. The third-order valence-corrected chi connectivity index (χ3v) is 5.21. The van der Waals surface area contributed by atoms with Gasteiger partial charge in [-0.2, -0.15) is 0 Å². The van der Waals surface area contributed by atoms with Crippen LogP contribution in [0.25, 0.3) is 22.0 Å². The zero-order chi connectivity index (χ0) is 22.8. The highest BCUT2D eigenvalue weighted by Gasteiger charge is 2.23. The van der Waals surface area contributed by atoms with Crippen LogP contribution in [0.5, 0.6) is 11.5 Å². The van der Waals surface area contributed by atoms with E-state index in [2.05, 4.69) is 4.98 Å². The minimum Gasteiger partial charge on any atom is -0.461 e. The maximum atomic E-state index is 12.7. The Kier molecular flexibility index (Phi) is 5.83. The molecule has 7 nitrogen and oxygen atoms in total. The van der Waals surface area contributed by atoms with Crippen LogP contribution in [0.4, 0.5) is 5.69 Å². The van der Waals surface area contributed by atoms with Gasteiger partial charge in [0.05, 0.1) is 11.5 Å². The smallest absolute Gasteiger partial charge is 0.355 e. The second-order valence-electron chi connectivity index (χ2n) is 7.12. The SMILES string of the molecule is CCOC(=O)c1[nH]c2ccc(Oc3cccc(Cl)c3)cc2c1-c1ccc(C)c([N+](=O)[O-])c1. The molecule has 0 radical (unpaired) electrons. The van der Waals surface area contributed by atoms with E-state index < -0.39 is 10.9 Å². The van der Waals surface area contributed by atoms with Crippen molar-refractivity contribution >= 4 is 34.2 Å². The Bertz CT molecular complexity index is 1350. The van der Waals surface area contributed by atoms with Crippen LogP contribution >= 0.6 is 11.6 Å². The predicted octanol–water partition coefficient (Wildman–Crippen LogP) is 6.67. The molecule has 8 heteroatoms. The molecule has 32 heavy (non-hydrogen) atoms. The molecule has 0 saturated heterocycles. The van der Waals surface area contributed by atoms with Crippen LogP contribution in [0, 0.1) is 17.0 Å². The number of hydrogen-bond donors (Lipinski definition) is 1. The van der Waals surface area contributed by atoms with E-state index in [0.717, 1.165) is 0 Å². The molecule has 0 aliphatic carbocycles. The van der Waals surface area contributed by atoms with E-state index in [4.69, 9.17) is 21.1 Å². The lowest BCUT2D eigenvalue weighted by Gasteiger charge is -2.08. The highest BCUT2D eigenvalue weighted by atomic mass is 35.5. The van der Waals surface area contributed by atoms with Crippen molar-refractivity contribution in [3.05, 3.63) is 87.1 Å². The van der Waals surface area contributed by atoms with Gasteiger partial charge >= 0.3 is 5.97 Å². The van der Waals surface area contributed by atoms with E-state index >= 15 is 0 Å². The van der Waals surface area contributed by atoms with Gasteiger partial charge in [-0.1, -0.05) is 29.8 Å². The number of carbonyl (C=O) groups excluding carboxylic acids is 1. The second kappa shape index (κ2) is 8.72. The van der Waals surface area contributed by atoms with Crippen LogP contribution in [0.1, 0.15) is 23.0 Å². The highest BCUT2D eigenvalue weighted by molar-refractivity contribution is 6.30. The number of carbonyl (C=O) groups is 1. The highest BCUT2D eigenvalue weighted by Crippen LogP contribution is 2.38. The Balaban J connectivity index is 1.89. The number of halogens is 1. The molecule has 3 aromatic carbocycles. The fourth-order valence-electron chi connectivity index (χ4n) is 3.52. The van der Waals surface area contributed by atoms with Gasteiger partial charge in [0, 0.05) is 33.1 Å². The molecule has 162 valence electrons. The van der Waals surface area contributed by atoms with E-state index in [1.54, 1.807) is 68.4 Å². The molecule has 0 fully saturated rings. The molecule has 0 unspecified atom stereocenters. The molecule has 0 atom stereocenters. The summed E-state index contributed by atoms with van der Waals surface area (Å²) in [6.07, 6.45) is 0. The number of hydrogen-bond acceptors (Lipinski definition) is 5. The summed E-state index contributed by atoms with van der Waals surface area (Å²) < 4.78 is 11.1. The molecule has 0 bridgehead atoms. The van der Waals surface area contributed by atoms with Crippen molar-refractivity contribution in [3.63, 3.8) is 0 Å². The standard InChI is InChI=1S/C24H19ClN2O5/c1-3-31-24(28)23-22(15-8-7-14(2)21(11-15)27(29)30)19-13-18(9-10-20(19)26-23)32-17-6-4-5-16(25)12-17/h4-13,26H,3H2,1-2H3. The van der Waals surface area contributed by atoms with E-state index in [9.17, 15) is 14.9 Å². The number of esters is 1.